The van der Waals surface area contributed by atoms with Crippen molar-refractivity contribution in [2.75, 3.05) is 0 Å². The molecule has 0 amide bonds. The summed E-state index contributed by atoms with van der Waals surface area (Å²) in [5, 5.41) is 0.217. The van der Waals surface area contributed by atoms with E-state index in [1.165, 1.54) is 11.6 Å². The van der Waals surface area contributed by atoms with Crippen molar-refractivity contribution >= 4 is 42.5 Å². The van der Waals surface area contributed by atoms with Crippen molar-refractivity contribution < 1.29 is 8.42 Å². The number of aromatic nitrogens is 4. The summed E-state index contributed by atoms with van der Waals surface area (Å²) >= 11 is 6.06. The highest BCUT2D eigenvalue weighted by molar-refractivity contribution is 8.13. The first-order valence-corrected chi connectivity index (χ1v) is 9.97. The van der Waals surface area contributed by atoms with Gasteiger partial charge in [-0.05, 0) is 24.0 Å². The van der Waals surface area contributed by atoms with E-state index in [4.69, 9.17) is 22.3 Å². The van der Waals surface area contributed by atoms with Gasteiger partial charge < -0.3 is 4.57 Å². The quantitative estimate of drug-likeness (QED) is 0.778. The summed E-state index contributed by atoms with van der Waals surface area (Å²) in [6, 6.07) is 0. The van der Waals surface area contributed by atoms with Crippen LogP contribution in [-0.2, 0) is 22.6 Å². The molecule has 0 unspecified atom stereocenters. The van der Waals surface area contributed by atoms with Crippen molar-refractivity contribution in [1.82, 2.24) is 19.1 Å². The predicted octanol–water partition coefficient (Wildman–Crippen LogP) is 1.44. The molecule has 0 spiro atoms. The number of hydrogen-bond acceptors (Lipinski definition) is 5. The zero-order chi connectivity index (χ0) is 18.5. The molecule has 0 radical (unpaired) electrons. The summed E-state index contributed by atoms with van der Waals surface area (Å²) < 4.78 is 26.1. The minimum absolute atomic E-state index is 0.0319. The van der Waals surface area contributed by atoms with Crippen molar-refractivity contribution in [2.24, 2.45) is 13.0 Å². The maximum absolute atomic E-state index is 12.3. The average Bonchev–Trinajstić information content (AvgIpc) is 2.89. The zero-order valence-electron chi connectivity index (χ0n) is 13.3. The Hall–Kier alpha value is -1.84. The first-order valence-electron chi connectivity index (χ1n) is 7.29. The van der Waals surface area contributed by atoms with Crippen LogP contribution in [0.4, 0.5) is 0 Å². The van der Waals surface area contributed by atoms with Crippen LogP contribution in [0.1, 0.15) is 13.3 Å². The van der Waals surface area contributed by atoms with Crippen LogP contribution in [0, 0.1) is 5.92 Å². The third kappa shape index (κ3) is 3.19. The van der Waals surface area contributed by atoms with Gasteiger partial charge in [0.15, 0.2) is 11.2 Å². The normalized spacial score (nSPS) is 18.3. The molecule has 0 saturated heterocycles. The number of allylic oxidation sites excluding steroid dienone is 4. The van der Waals surface area contributed by atoms with E-state index in [2.05, 4.69) is 9.97 Å². The Balaban J connectivity index is 2.28. The van der Waals surface area contributed by atoms with Crippen LogP contribution in [0.3, 0.4) is 0 Å². The van der Waals surface area contributed by atoms with Gasteiger partial charge in [0, 0.05) is 29.3 Å². The van der Waals surface area contributed by atoms with E-state index in [1.54, 1.807) is 12.2 Å². The fourth-order valence-corrected chi connectivity index (χ4v) is 3.90. The Bertz CT molecular complexity index is 1150. The van der Waals surface area contributed by atoms with Crippen molar-refractivity contribution in [3.8, 4) is 0 Å². The molecule has 2 heterocycles. The molecule has 2 aromatic rings. The summed E-state index contributed by atoms with van der Waals surface area (Å²) in [5.41, 5.74) is -0.649. The lowest BCUT2D eigenvalue weighted by Gasteiger charge is -2.18. The van der Waals surface area contributed by atoms with Gasteiger partial charge >= 0.3 is 5.69 Å². The molecule has 0 bridgehead atoms. The van der Waals surface area contributed by atoms with E-state index in [9.17, 15) is 18.0 Å². The largest absolute Gasteiger partial charge is 0.329 e. The fourth-order valence-electron chi connectivity index (χ4n) is 2.79. The second-order valence-electron chi connectivity index (χ2n) is 5.89. The fraction of sp³-hybridized carbons (Fsp3) is 0.357. The SMILES string of the molecule is C[C@@H]1CC(Cn2c(S(=O)(=O)Cl)nc3c2c(=O)[nH]c(=O)n3C)=CC=C1Cl. The third-order valence-electron chi connectivity index (χ3n) is 4.07. The molecule has 0 aliphatic heterocycles. The van der Waals surface area contributed by atoms with Crippen LogP contribution in [0.5, 0.6) is 0 Å². The molecule has 25 heavy (non-hydrogen) atoms. The lowest BCUT2D eigenvalue weighted by atomic mass is 9.95. The van der Waals surface area contributed by atoms with E-state index < -0.39 is 25.5 Å². The average molecular weight is 405 g/mol. The molecule has 0 fully saturated rings. The Morgan fingerprint density at radius 3 is 2.64 bits per heavy atom. The molecule has 11 heteroatoms. The van der Waals surface area contributed by atoms with Crippen molar-refractivity contribution in [3.05, 3.63) is 43.6 Å². The highest BCUT2D eigenvalue weighted by Crippen LogP contribution is 2.29. The van der Waals surface area contributed by atoms with Gasteiger partial charge in [-0.1, -0.05) is 24.6 Å². The van der Waals surface area contributed by atoms with Crippen molar-refractivity contribution in [1.29, 1.82) is 0 Å². The lowest BCUT2D eigenvalue weighted by Crippen LogP contribution is -2.29. The van der Waals surface area contributed by atoms with E-state index in [0.717, 1.165) is 10.1 Å². The van der Waals surface area contributed by atoms with Gasteiger partial charge in [-0.2, -0.15) is 4.98 Å². The van der Waals surface area contributed by atoms with Crippen LogP contribution >= 0.6 is 22.3 Å². The van der Waals surface area contributed by atoms with E-state index in [0.29, 0.717) is 11.5 Å². The van der Waals surface area contributed by atoms with Crippen molar-refractivity contribution in [2.45, 2.75) is 25.0 Å². The highest BCUT2D eigenvalue weighted by atomic mass is 35.7. The van der Waals surface area contributed by atoms with E-state index in [1.807, 2.05) is 6.92 Å². The number of halogens is 2. The van der Waals surface area contributed by atoms with Gasteiger partial charge in [-0.15, -0.1) is 0 Å². The van der Waals surface area contributed by atoms with Gasteiger partial charge in [0.1, 0.15) is 0 Å². The number of fused-ring (bicyclic) bond motifs is 1. The summed E-state index contributed by atoms with van der Waals surface area (Å²) in [5.74, 6) is 0.0788. The number of nitrogens with zero attached hydrogens (tertiary/aromatic N) is 3. The number of nitrogens with one attached hydrogen (secondary N) is 1. The van der Waals surface area contributed by atoms with Crippen LogP contribution in [-0.4, -0.2) is 27.5 Å². The summed E-state index contributed by atoms with van der Waals surface area (Å²) in [7, 11) is 2.64. The molecule has 134 valence electrons. The molecule has 1 aliphatic rings. The molecule has 2 aromatic heterocycles. The molecule has 1 N–H and O–H groups in total. The van der Waals surface area contributed by atoms with Gasteiger partial charge in [0.2, 0.25) is 5.16 Å². The Morgan fingerprint density at radius 2 is 2.04 bits per heavy atom. The maximum Gasteiger partial charge on any atom is 0.329 e. The second-order valence-corrected chi connectivity index (χ2v) is 8.79. The Morgan fingerprint density at radius 1 is 1.36 bits per heavy atom. The molecule has 0 saturated carbocycles. The van der Waals surface area contributed by atoms with Crippen LogP contribution in [0.25, 0.3) is 11.2 Å². The standard InChI is InChI=1S/C14H14Cl2N4O4S/c1-7-5-8(3-4-9(7)15)6-20-10-11(17-14(20)25(16,23)24)19(2)13(22)18-12(10)21/h3-4,7H,5-6H2,1-2H3,(H,18,21,22)/t7-/m1/s1. The molecule has 1 atom stereocenters. The van der Waals surface area contributed by atoms with Gasteiger partial charge in [0.25, 0.3) is 14.6 Å². The summed E-state index contributed by atoms with van der Waals surface area (Å²) in [6.45, 7) is 2.03. The second kappa shape index (κ2) is 6.15. The van der Waals surface area contributed by atoms with Gasteiger partial charge in [-0.25, -0.2) is 13.2 Å². The summed E-state index contributed by atoms with van der Waals surface area (Å²) in [6.07, 6.45) is 4.11. The Kier molecular flexibility index (Phi) is 4.42. The predicted molar refractivity (Wildman–Crippen MR) is 94.4 cm³/mol. The first-order chi connectivity index (χ1) is 11.6. The Labute approximate surface area is 151 Å². The molecular weight excluding hydrogens is 391 g/mol. The number of aryl methyl sites for hydroxylation is 1. The topological polar surface area (TPSA) is 107 Å². The van der Waals surface area contributed by atoms with E-state index in [-0.39, 0.29) is 23.6 Å². The summed E-state index contributed by atoms with van der Waals surface area (Å²) in [4.78, 5) is 30.0. The minimum Gasteiger partial charge on any atom is -0.304 e. The minimum atomic E-state index is -4.23. The number of H-pyrrole nitrogens is 1. The third-order valence-corrected chi connectivity index (χ3v) is 5.73. The van der Waals surface area contributed by atoms with Crippen LogP contribution in [0.15, 0.2) is 37.5 Å². The zero-order valence-corrected chi connectivity index (χ0v) is 15.6. The van der Waals surface area contributed by atoms with Crippen molar-refractivity contribution in [3.63, 3.8) is 0 Å². The highest BCUT2D eigenvalue weighted by Gasteiger charge is 2.26. The molecule has 1 aliphatic carbocycles. The van der Waals surface area contributed by atoms with Crippen LogP contribution < -0.4 is 11.2 Å². The van der Waals surface area contributed by atoms with E-state index >= 15 is 0 Å². The maximum atomic E-state index is 12.3. The monoisotopic (exact) mass is 404 g/mol. The van der Waals surface area contributed by atoms with Crippen LogP contribution in [0.2, 0.25) is 0 Å². The number of hydrogen-bond donors (Lipinski definition) is 1. The number of imidazole rings is 1. The van der Waals surface area contributed by atoms with Gasteiger partial charge in [-0.3, -0.25) is 14.3 Å². The lowest BCUT2D eigenvalue weighted by molar-refractivity contribution is 0.579. The molecule has 0 aromatic carbocycles. The molecular formula is C14H14Cl2N4O4S. The van der Waals surface area contributed by atoms with Gasteiger partial charge in [0.05, 0.1) is 0 Å². The first kappa shape index (κ1) is 18.0. The smallest absolute Gasteiger partial charge is 0.304 e. The number of rotatable bonds is 3. The molecule has 8 nitrogen and oxygen atoms in total. The molecule has 3 rings (SSSR count). The number of aromatic amines is 1.